The Morgan fingerprint density at radius 3 is 2.19 bits per heavy atom. The van der Waals surface area contributed by atoms with E-state index in [0.29, 0.717) is 30.9 Å². The van der Waals surface area contributed by atoms with Gasteiger partial charge in [-0.3, -0.25) is 13.9 Å². The van der Waals surface area contributed by atoms with Crippen LogP contribution in [-0.4, -0.2) is 71.3 Å². The molecule has 37 heavy (non-hydrogen) atoms. The van der Waals surface area contributed by atoms with Crippen molar-refractivity contribution in [3.63, 3.8) is 0 Å². The van der Waals surface area contributed by atoms with Crippen molar-refractivity contribution >= 4 is 27.5 Å². The number of carbonyl (C=O) groups is 2. The van der Waals surface area contributed by atoms with E-state index in [1.807, 2.05) is 51.1 Å². The van der Waals surface area contributed by atoms with Gasteiger partial charge in [0.1, 0.15) is 12.6 Å². The number of nitrogens with one attached hydrogen (secondary N) is 1. The van der Waals surface area contributed by atoms with Crippen LogP contribution in [0.2, 0.25) is 0 Å². The first-order chi connectivity index (χ1) is 17.5. The molecule has 0 bridgehead atoms. The minimum absolute atomic E-state index is 0.251. The lowest BCUT2D eigenvalue weighted by Crippen LogP contribution is -2.53. The van der Waals surface area contributed by atoms with Crippen molar-refractivity contribution in [2.75, 3.05) is 44.4 Å². The minimum Gasteiger partial charge on any atom is -0.493 e. The van der Waals surface area contributed by atoms with E-state index in [4.69, 9.17) is 9.47 Å². The van der Waals surface area contributed by atoms with Crippen LogP contribution in [0.25, 0.3) is 0 Å². The molecule has 1 atom stereocenters. The van der Waals surface area contributed by atoms with Crippen LogP contribution in [0.4, 0.5) is 5.69 Å². The van der Waals surface area contributed by atoms with Crippen LogP contribution in [0.5, 0.6) is 11.5 Å². The summed E-state index contributed by atoms with van der Waals surface area (Å²) in [5, 5.41) is 2.91. The van der Waals surface area contributed by atoms with Crippen LogP contribution < -0.4 is 19.1 Å². The summed E-state index contributed by atoms with van der Waals surface area (Å²) in [6, 6.07) is 13.6. The van der Waals surface area contributed by atoms with Gasteiger partial charge in [0.25, 0.3) is 0 Å². The zero-order valence-electron chi connectivity index (χ0n) is 22.6. The largest absolute Gasteiger partial charge is 0.493 e. The number of sulfonamides is 1. The summed E-state index contributed by atoms with van der Waals surface area (Å²) in [5.74, 6) is 0.294. The van der Waals surface area contributed by atoms with E-state index in [-0.39, 0.29) is 24.1 Å². The number of anilines is 1. The van der Waals surface area contributed by atoms with Gasteiger partial charge in [-0.25, -0.2) is 8.42 Å². The number of hydrogen-bond donors (Lipinski definition) is 1. The van der Waals surface area contributed by atoms with Gasteiger partial charge in [-0.15, -0.1) is 0 Å². The van der Waals surface area contributed by atoms with Crippen molar-refractivity contribution in [2.45, 2.75) is 39.7 Å². The van der Waals surface area contributed by atoms with Gasteiger partial charge in [0.15, 0.2) is 11.5 Å². The molecule has 0 aliphatic heterocycles. The number of ether oxygens (including phenoxy) is 2. The Balaban J connectivity index is 2.40. The maximum absolute atomic E-state index is 13.7. The topological polar surface area (TPSA) is 105 Å². The van der Waals surface area contributed by atoms with E-state index in [9.17, 15) is 18.0 Å². The summed E-state index contributed by atoms with van der Waals surface area (Å²) >= 11 is 0. The number of nitrogens with zero attached hydrogens (tertiary/aromatic N) is 2. The molecule has 2 aromatic rings. The second-order valence-corrected chi connectivity index (χ2v) is 11.1. The van der Waals surface area contributed by atoms with Crippen LogP contribution >= 0.6 is 0 Å². The first-order valence-electron chi connectivity index (χ1n) is 12.3. The molecule has 0 fully saturated rings. The number of methoxy groups -OCH3 is 2. The lowest BCUT2D eigenvalue weighted by Gasteiger charge is -2.33. The van der Waals surface area contributed by atoms with E-state index >= 15 is 0 Å². The molecular formula is C27H39N3O6S. The van der Waals surface area contributed by atoms with Gasteiger partial charge in [0.05, 0.1) is 26.2 Å². The Kier molecular flexibility index (Phi) is 11.2. The molecule has 9 nitrogen and oxygen atoms in total. The standard InChI is InChI=1S/C27H39N3O6S/c1-7-23(27(32)28-18-20(2)3)29(16-15-21-11-9-8-10-12-21)26(31)19-30(37(6,33)34)22-13-14-24(35-4)25(17-22)36-5/h8-14,17,20,23H,7,15-16,18-19H2,1-6H3,(H,28,32)/t23-/m1/s1. The van der Waals surface area contributed by atoms with E-state index in [0.717, 1.165) is 16.1 Å². The Morgan fingerprint density at radius 1 is 1.00 bits per heavy atom. The average molecular weight is 534 g/mol. The quantitative estimate of drug-likeness (QED) is 0.400. The third kappa shape index (κ3) is 8.66. The Morgan fingerprint density at radius 2 is 1.65 bits per heavy atom. The van der Waals surface area contributed by atoms with E-state index in [2.05, 4.69) is 5.32 Å². The molecule has 0 aliphatic carbocycles. The molecule has 0 saturated heterocycles. The SMILES string of the molecule is CC[C@H](C(=O)NCC(C)C)N(CCc1ccccc1)C(=O)CN(c1ccc(OC)c(OC)c1)S(C)(=O)=O. The lowest BCUT2D eigenvalue weighted by molar-refractivity contribution is -0.139. The van der Waals surface area contributed by atoms with E-state index in [1.54, 1.807) is 12.1 Å². The third-order valence-electron chi connectivity index (χ3n) is 5.89. The fraction of sp³-hybridized carbons (Fsp3) is 0.481. The Bertz CT molecular complexity index is 1140. The van der Waals surface area contributed by atoms with Crippen molar-refractivity contribution in [1.82, 2.24) is 10.2 Å². The van der Waals surface area contributed by atoms with Crippen molar-refractivity contribution in [3.8, 4) is 11.5 Å². The monoisotopic (exact) mass is 533 g/mol. The van der Waals surface area contributed by atoms with Crippen LogP contribution in [0.15, 0.2) is 48.5 Å². The molecule has 0 radical (unpaired) electrons. The van der Waals surface area contributed by atoms with Gasteiger partial charge < -0.3 is 19.7 Å². The van der Waals surface area contributed by atoms with Gasteiger partial charge in [0.2, 0.25) is 21.8 Å². The maximum atomic E-state index is 13.7. The van der Waals surface area contributed by atoms with Crippen LogP contribution in [0.3, 0.4) is 0 Å². The van der Waals surface area contributed by atoms with Gasteiger partial charge in [-0.05, 0) is 36.5 Å². The van der Waals surface area contributed by atoms with E-state index in [1.165, 1.54) is 25.2 Å². The van der Waals surface area contributed by atoms with E-state index < -0.39 is 28.5 Å². The molecule has 10 heteroatoms. The van der Waals surface area contributed by atoms with Gasteiger partial charge in [-0.1, -0.05) is 51.1 Å². The summed E-state index contributed by atoms with van der Waals surface area (Å²) in [5.41, 5.74) is 1.27. The van der Waals surface area contributed by atoms with Gasteiger partial charge >= 0.3 is 0 Å². The molecule has 2 aromatic carbocycles. The summed E-state index contributed by atoms with van der Waals surface area (Å²) < 4.78 is 37.1. The fourth-order valence-corrected chi connectivity index (χ4v) is 4.75. The molecule has 204 valence electrons. The average Bonchev–Trinajstić information content (AvgIpc) is 2.87. The number of rotatable bonds is 14. The molecular weight excluding hydrogens is 494 g/mol. The van der Waals surface area contributed by atoms with Gasteiger partial charge in [-0.2, -0.15) is 0 Å². The highest BCUT2D eigenvalue weighted by atomic mass is 32.2. The van der Waals surface area contributed by atoms with Crippen molar-refractivity contribution in [2.24, 2.45) is 5.92 Å². The third-order valence-corrected chi connectivity index (χ3v) is 7.03. The lowest BCUT2D eigenvalue weighted by atomic mass is 10.1. The molecule has 0 saturated carbocycles. The first kappa shape index (κ1) is 30.0. The molecule has 0 unspecified atom stereocenters. The highest BCUT2D eigenvalue weighted by Crippen LogP contribution is 2.32. The molecule has 0 aromatic heterocycles. The summed E-state index contributed by atoms with van der Waals surface area (Å²) in [6.07, 6.45) is 1.95. The van der Waals surface area contributed by atoms with Crippen LogP contribution in [0.1, 0.15) is 32.8 Å². The minimum atomic E-state index is -3.84. The number of carbonyl (C=O) groups excluding carboxylic acids is 2. The second kappa shape index (κ2) is 13.9. The number of amides is 2. The number of benzene rings is 2. The first-order valence-corrected chi connectivity index (χ1v) is 14.2. The van der Waals surface area contributed by atoms with Crippen molar-refractivity contribution < 1.29 is 27.5 Å². The molecule has 2 rings (SSSR count). The van der Waals surface area contributed by atoms with Crippen LogP contribution in [-0.2, 0) is 26.0 Å². The molecule has 2 amide bonds. The van der Waals surface area contributed by atoms with Gasteiger partial charge in [0, 0.05) is 19.2 Å². The van der Waals surface area contributed by atoms with Crippen molar-refractivity contribution in [1.29, 1.82) is 0 Å². The normalized spacial score (nSPS) is 12.1. The Labute approximate surface area is 220 Å². The summed E-state index contributed by atoms with van der Waals surface area (Å²) in [4.78, 5) is 28.3. The van der Waals surface area contributed by atoms with Crippen molar-refractivity contribution in [3.05, 3.63) is 54.1 Å². The molecule has 0 spiro atoms. The van der Waals surface area contributed by atoms with Crippen LogP contribution in [0, 0.1) is 5.92 Å². The fourth-order valence-electron chi connectivity index (χ4n) is 3.91. The highest BCUT2D eigenvalue weighted by Gasteiger charge is 2.31. The predicted molar refractivity (Wildman–Crippen MR) is 146 cm³/mol. The zero-order chi connectivity index (χ0) is 27.6. The number of hydrogen-bond acceptors (Lipinski definition) is 6. The summed E-state index contributed by atoms with van der Waals surface area (Å²) in [6.45, 7) is 6.11. The highest BCUT2D eigenvalue weighted by molar-refractivity contribution is 7.92. The smallest absolute Gasteiger partial charge is 0.244 e. The summed E-state index contributed by atoms with van der Waals surface area (Å²) in [7, 11) is -0.913. The maximum Gasteiger partial charge on any atom is 0.244 e. The molecule has 0 aliphatic rings. The Hall–Kier alpha value is -3.27. The molecule has 1 N–H and O–H groups in total. The zero-order valence-corrected chi connectivity index (χ0v) is 23.4. The predicted octanol–water partition coefficient (Wildman–Crippen LogP) is 3.09. The molecule has 0 heterocycles. The second-order valence-electron chi connectivity index (χ2n) is 9.19.